The highest BCUT2D eigenvalue weighted by Crippen LogP contribution is 2.52. The van der Waals surface area contributed by atoms with Gasteiger partial charge in [-0.15, -0.1) is 9.13 Å². The molecule has 0 fully saturated rings. The van der Waals surface area contributed by atoms with E-state index in [4.69, 9.17) is 0 Å². The zero-order chi connectivity index (χ0) is 24.0. The van der Waals surface area contributed by atoms with Crippen molar-refractivity contribution >= 4 is 5.57 Å². The molecule has 8 rings (SSSR count). The second-order valence-electron chi connectivity index (χ2n) is 10.9. The van der Waals surface area contributed by atoms with Crippen molar-refractivity contribution < 1.29 is 9.13 Å². The summed E-state index contributed by atoms with van der Waals surface area (Å²) in [5, 5.41) is 0. The lowest BCUT2D eigenvalue weighted by Crippen LogP contribution is -2.71. The van der Waals surface area contributed by atoms with Gasteiger partial charge in [0, 0.05) is 23.8 Å². The average Bonchev–Trinajstić information content (AvgIpc) is 3.55. The summed E-state index contributed by atoms with van der Waals surface area (Å²) in [5.74, 6) is 0. The maximum absolute atomic E-state index is 2.64. The van der Waals surface area contributed by atoms with Crippen LogP contribution in [0.5, 0.6) is 0 Å². The van der Waals surface area contributed by atoms with Gasteiger partial charge in [0.05, 0.1) is 11.1 Å². The Labute approximate surface area is 213 Å². The number of aryl methyl sites for hydroxylation is 2. The molecular weight excluding hydrogens is 436 g/mol. The third-order valence-electron chi connectivity index (χ3n) is 9.41. The molecule has 0 saturated carbocycles. The predicted octanol–water partition coefficient (Wildman–Crippen LogP) is 6.53. The van der Waals surface area contributed by atoms with Crippen LogP contribution in [0.1, 0.15) is 72.9 Å². The number of aromatic nitrogens is 2. The minimum absolute atomic E-state index is 0.383. The van der Waals surface area contributed by atoms with Crippen LogP contribution < -0.4 is 9.13 Å². The van der Waals surface area contributed by atoms with Gasteiger partial charge in [-0.25, -0.2) is 0 Å². The first kappa shape index (κ1) is 20.7. The minimum Gasteiger partial charge on any atom is -0.126 e. The van der Waals surface area contributed by atoms with Gasteiger partial charge in [0.25, 0.3) is 0 Å². The molecule has 4 heterocycles. The van der Waals surface area contributed by atoms with Crippen LogP contribution in [-0.2, 0) is 24.9 Å². The van der Waals surface area contributed by atoms with Crippen molar-refractivity contribution in [2.75, 3.05) is 0 Å². The van der Waals surface area contributed by atoms with Crippen molar-refractivity contribution in [3.63, 3.8) is 0 Å². The number of fused-ring (bicyclic) bond motifs is 13. The van der Waals surface area contributed by atoms with Gasteiger partial charge in [-0.05, 0) is 91.5 Å². The molecule has 2 aromatic carbocycles. The lowest BCUT2D eigenvalue weighted by atomic mass is 9.86. The molecule has 1 spiro atoms. The Morgan fingerprint density at radius 3 is 2.47 bits per heavy atom. The van der Waals surface area contributed by atoms with E-state index in [1.165, 1.54) is 76.0 Å². The molecule has 1 unspecified atom stereocenters. The predicted molar refractivity (Wildman–Crippen MR) is 144 cm³/mol. The van der Waals surface area contributed by atoms with Gasteiger partial charge in [0.1, 0.15) is 11.1 Å². The highest BCUT2D eigenvalue weighted by atomic mass is 15.3. The van der Waals surface area contributed by atoms with E-state index < -0.39 is 0 Å². The van der Waals surface area contributed by atoms with Crippen molar-refractivity contribution in [3.8, 4) is 22.5 Å². The molecular formula is C34H32N2+2. The molecule has 176 valence electrons. The number of nitrogens with zero attached hydrogens (tertiary/aromatic N) is 2. The van der Waals surface area contributed by atoms with E-state index in [9.17, 15) is 0 Å². The van der Waals surface area contributed by atoms with Crippen molar-refractivity contribution in [2.24, 2.45) is 0 Å². The van der Waals surface area contributed by atoms with Crippen molar-refractivity contribution in [1.82, 2.24) is 0 Å². The molecule has 0 N–H and O–H groups in total. The second-order valence-corrected chi connectivity index (χ2v) is 10.9. The molecule has 0 bridgehead atoms. The molecule has 2 aromatic heterocycles. The Morgan fingerprint density at radius 1 is 0.750 bits per heavy atom. The molecule has 2 aliphatic carbocycles. The molecule has 1 atom stereocenters. The number of benzene rings is 2. The van der Waals surface area contributed by atoms with Gasteiger partial charge in [0.2, 0.25) is 11.4 Å². The Kier molecular flexibility index (Phi) is 4.16. The quantitative estimate of drug-likeness (QED) is 0.255. The Balaban J connectivity index is 1.53. The Bertz CT molecular complexity index is 1590. The fraction of sp³-hybridized carbons (Fsp3) is 0.294. The second kappa shape index (κ2) is 7.26. The number of pyridine rings is 2. The summed E-state index contributed by atoms with van der Waals surface area (Å²) in [4.78, 5) is 0. The largest absolute Gasteiger partial charge is 0.417 e. The summed E-state index contributed by atoms with van der Waals surface area (Å²) in [5.41, 5.74) is 17.4. The maximum Gasteiger partial charge on any atom is 0.417 e. The summed E-state index contributed by atoms with van der Waals surface area (Å²) in [7, 11) is 0. The van der Waals surface area contributed by atoms with Gasteiger partial charge in [-0.3, -0.25) is 0 Å². The average molecular weight is 469 g/mol. The fourth-order valence-corrected chi connectivity index (χ4v) is 7.88. The molecule has 2 aliphatic heterocycles. The van der Waals surface area contributed by atoms with E-state index in [1.54, 1.807) is 16.7 Å². The van der Waals surface area contributed by atoms with Crippen molar-refractivity contribution in [1.29, 1.82) is 0 Å². The molecule has 36 heavy (non-hydrogen) atoms. The summed E-state index contributed by atoms with van der Waals surface area (Å²) in [6.45, 7) is 4.61. The molecule has 0 amide bonds. The Hall–Kier alpha value is -3.52. The van der Waals surface area contributed by atoms with E-state index in [-0.39, 0.29) is 5.66 Å². The van der Waals surface area contributed by atoms with Crippen molar-refractivity contribution in [2.45, 2.75) is 64.5 Å². The van der Waals surface area contributed by atoms with Crippen LogP contribution in [0.2, 0.25) is 0 Å². The lowest BCUT2D eigenvalue weighted by molar-refractivity contribution is -0.955. The zero-order valence-corrected chi connectivity index (χ0v) is 21.3. The topological polar surface area (TPSA) is 7.76 Å². The van der Waals surface area contributed by atoms with Crippen LogP contribution in [0.4, 0.5) is 0 Å². The van der Waals surface area contributed by atoms with E-state index >= 15 is 0 Å². The van der Waals surface area contributed by atoms with Gasteiger partial charge in [-0.1, -0.05) is 37.6 Å². The van der Waals surface area contributed by atoms with E-state index in [0.29, 0.717) is 0 Å². The van der Waals surface area contributed by atoms with E-state index in [1.807, 2.05) is 0 Å². The monoisotopic (exact) mass is 468 g/mol. The highest BCUT2D eigenvalue weighted by Gasteiger charge is 2.67. The molecule has 0 saturated heterocycles. The normalized spacial score (nSPS) is 20.2. The molecule has 4 aliphatic rings. The number of rotatable bonds is 2. The molecule has 2 nitrogen and oxygen atoms in total. The third kappa shape index (κ3) is 2.34. The zero-order valence-electron chi connectivity index (χ0n) is 21.3. The van der Waals surface area contributed by atoms with Gasteiger partial charge >= 0.3 is 5.66 Å². The Morgan fingerprint density at radius 2 is 1.58 bits per heavy atom. The minimum atomic E-state index is -0.383. The smallest absolute Gasteiger partial charge is 0.126 e. The first-order valence-electron chi connectivity index (χ1n) is 13.8. The standard InChI is InChI=1S/C34H32N2/c1-3-22-20-32-33-28-19-24-11-5-6-12-25(24)26(28)16-17-30(33)34(36(32)21-23(22)4-2)29-14-8-7-13-27(29)31-15-9-10-18-35(31)34/h7-10,13-18,20-21H,3-6,11-12,19H2,1-2H3/q+2. The first-order chi connectivity index (χ1) is 17.8. The van der Waals surface area contributed by atoms with E-state index in [0.717, 1.165) is 19.3 Å². The maximum atomic E-state index is 2.64. The highest BCUT2D eigenvalue weighted by molar-refractivity contribution is 5.86. The fourth-order valence-electron chi connectivity index (χ4n) is 7.88. The molecule has 4 aromatic rings. The van der Waals surface area contributed by atoms with Gasteiger partial charge in [-0.2, -0.15) is 0 Å². The van der Waals surface area contributed by atoms with Crippen LogP contribution in [0.15, 0.2) is 78.6 Å². The first-order valence-corrected chi connectivity index (χ1v) is 13.8. The number of hydrogen-bond donors (Lipinski definition) is 0. The summed E-state index contributed by atoms with van der Waals surface area (Å²) >= 11 is 0. The van der Waals surface area contributed by atoms with E-state index in [2.05, 4.69) is 96.0 Å². The summed E-state index contributed by atoms with van der Waals surface area (Å²) < 4.78 is 5.19. The van der Waals surface area contributed by atoms with Crippen LogP contribution in [-0.4, -0.2) is 0 Å². The van der Waals surface area contributed by atoms with Gasteiger partial charge < -0.3 is 0 Å². The van der Waals surface area contributed by atoms with Crippen LogP contribution in [0, 0.1) is 0 Å². The number of hydrogen-bond acceptors (Lipinski definition) is 0. The van der Waals surface area contributed by atoms with Crippen LogP contribution >= 0.6 is 0 Å². The lowest BCUT2D eigenvalue weighted by Gasteiger charge is -2.18. The number of allylic oxidation sites excluding steroid dienone is 2. The van der Waals surface area contributed by atoms with Crippen LogP contribution in [0.3, 0.4) is 0 Å². The molecule has 2 heteroatoms. The summed E-state index contributed by atoms with van der Waals surface area (Å²) in [6.07, 6.45) is 13.3. The van der Waals surface area contributed by atoms with Crippen LogP contribution in [0.25, 0.3) is 28.1 Å². The summed E-state index contributed by atoms with van der Waals surface area (Å²) in [6, 6.07) is 23.2. The third-order valence-corrected chi connectivity index (χ3v) is 9.41. The van der Waals surface area contributed by atoms with Crippen molar-refractivity contribution in [3.05, 3.63) is 112 Å². The molecule has 0 radical (unpaired) electrons. The SMILES string of the molecule is CCc1cc2[n+](cc1CC)C1(c3ccccc3-c3cccc[n+]31)c1ccc3c(c1-2)CC1=C3CCCC1. The van der Waals surface area contributed by atoms with Gasteiger partial charge in [0.15, 0.2) is 12.4 Å².